The fraction of sp³-hybridized carbons (Fsp3) is 0.0357. The second-order valence-electron chi connectivity index (χ2n) is 7.87. The molecule has 0 spiro atoms. The summed E-state index contributed by atoms with van der Waals surface area (Å²) in [6.07, 6.45) is 1.54. The fourth-order valence-electron chi connectivity index (χ4n) is 3.72. The van der Waals surface area contributed by atoms with Crippen molar-refractivity contribution in [3.8, 4) is 17.1 Å². The molecule has 0 fully saturated rings. The zero-order valence-corrected chi connectivity index (χ0v) is 21.8. The maximum absolute atomic E-state index is 13.4. The number of nitrogens with zero attached hydrogens (tertiary/aromatic N) is 3. The Bertz CT molecular complexity index is 1650. The highest BCUT2D eigenvalue weighted by molar-refractivity contribution is 9.10. The summed E-state index contributed by atoms with van der Waals surface area (Å²) in [7, 11) is 0. The van der Waals surface area contributed by atoms with Crippen LogP contribution < -0.4 is 10.3 Å². The van der Waals surface area contributed by atoms with E-state index in [1.165, 1.54) is 4.68 Å². The van der Waals surface area contributed by atoms with Gasteiger partial charge in [-0.2, -0.15) is 9.78 Å². The molecule has 5 rings (SSSR count). The van der Waals surface area contributed by atoms with Gasteiger partial charge in [0.15, 0.2) is 5.82 Å². The van der Waals surface area contributed by atoms with Gasteiger partial charge in [-0.3, -0.25) is 4.79 Å². The molecule has 5 nitrogen and oxygen atoms in total. The third-order valence-corrected chi connectivity index (χ3v) is 6.64. The lowest BCUT2D eigenvalue weighted by atomic mass is 10.2. The van der Waals surface area contributed by atoms with Gasteiger partial charge in [0.05, 0.1) is 21.6 Å². The summed E-state index contributed by atoms with van der Waals surface area (Å²) in [5.41, 5.74) is 2.50. The van der Waals surface area contributed by atoms with E-state index >= 15 is 0 Å². The maximum Gasteiger partial charge on any atom is 0.282 e. The molecule has 0 saturated heterocycles. The molecule has 0 aliphatic heterocycles. The molecule has 0 aliphatic carbocycles. The highest BCUT2D eigenvalue weighted by atomic mass is 79.9. The fourth-order valence-corrected chi connectivity index (χ4v) is 4.86. The van der Waals surface area contributed by atoms with Crippen LogP contribution in [0.15, 0.2) is 105 Å². The molecule has 1 heterocycles. The largest absolute Gasteiger partial charge is 0.487 e. The molecule has 0 aliphatic rings. The number of halogens is 3. The Kier molecular flexibility index (Phi) is 7.18. The normalized spacial score (nSPS) is 11.3. The van der Waals surface area contributed by atoms with Gasteiger partial charge in [-0.1, -0.05) is 83.9 Å². The summed E-state index contributed by atoms with van der Waals surface area (Å²) in [6.45, 7) is 0.244. The Morgan fingerprint density at radius 1 is 0.944 bits per heavy atom. The average Bonchev–Trinajstić information content (AvgIpc) is 2.89. The quantitative estimate of drug-likeness (QED) is 0.195. The molecule has 0 N–H and O–H groups in total. The first-order chi connectivity index (χ1) is 17.5. The topological polar surface area (TPSA) is 56.5 Å². The van der Waals surface area contributed by atoms with E-state index in [1.54, 1.807) is 30.5 Å². The predicted octanol–water partition coefficient (Wildman–Crippen LogP) is 7.59. The Hall–Kier alpha value is -3.45. The third-order valence-electron chi connectivity index (χ3n) is 5.47. The molecule has 4 aromatic carbocycles. The van der Waals surface area contributed by atoms with E-state index in [1.807, 2.05) is 66.7 Å². The molecule has 0 atom stereocenters. The molecule has 178 valence electrons. The van der Waals surface area contributed by atoms with Crippen LogP contribution in [-0.4, -0.2) is 15.9 Å². The van der Waals surface area contributed by atoms with Crippen LogP contribution in [0.3, 0.4) is 0 Å². The van der Waals surface area contributed by atoms with Crippen LogP contribution in [0.4, 0.5) is 0 Å². The van der Waals surface area contributed by atoms with E-state index < -0.39 is 0 Å². The zero-order chi connectivity index (χ0) is 25.1. The minimum Gasteiger partial charge on any atom is -0.487 e. The van der Waals surface area contributed by atoms with Crippen molar-refractivity contribution in [2.45, 2.75) is 6.61 Å². The summed E-state index contributed by atoms with van der Waals surface area (Å²) in [5.74, 6) is 0.946. The summed E-state index contributed by atoms with van der Waals surface area (Å²) >= 11 is 16.2. The third kappa shape index (κ3) is 5.07. The molecular formula is C28H18BrCl2N3O2. The van der Waals surface area contributed by atoms with Gasteiger partial charge in [0.1, 0.15) is 12.4 Å². The molecule has 0 unspecified atom stereocenters. The number of fused-ring (bicyclic) bond motifs is 1. The number of hydrogen-bond donors (Lipinski definition) is 0. The van der Waals surface area contributed by atoms with Crippen molar-refractivity contribution < 1.29 is 4.74 Å². The lowest BCUT2D eigenvalue weighted by Gasteiger charge is -2.13. The Morgan fingerprint density at radius 3 is 2.47 bits per heavy atom. The van der Waals surface area contributed by atoms with E-state index in [0.29, 0.717) is 42.6 Å². The van der Waals surface area contributed by atoms with Gasteiger partial charge < -0.3 is 4.74 Å². The van der Waals surface area contributed by atoms with Crippen LogP contribution in [0.1, 0.15) is 11.1 Å². The molecule has 0 radical (unpaired) electrons. The molecule has 0 saturated carbocycles. The van der Waals surface area contributed by atoms with E-state index in [9.17, 15) is 4.79 Å². The van der Waals surface area contributed by atoms with Gasteiger partial charge in [-0.15, -0.1) is 0 Å². The Labute approximate surface area is 225 Å². The maximum atomic E-state index is 13.4. The van der Waals surface area contributed by atoms with E-state index in [2.05, 4.69) is 21.0 Å². The Balaban J connectivity index is 1.60. The van der Waals surface area contributed by atoms with E-state index in [4.69, 9.17) is 32.9 Å². The smallest absolute Gasteiger partial charge is 0.282 e. The molecule has 8 heteroatoms. The van der Waals surface area contributed by atoms with Gasteiger partial charge in [-0.05, 0) is 46.3 Å². The number of hydrogen-bond acceptors (Lipinski definition) is 4. The van der Waals surface area contributed by atoms with E-state index in [0.717, 1.165) is 11.1 Å². The van der Waals surface area contributed by atoms with Gasteiger partial charge >= 0.3 is 0 Å². The van der Waals surface area contributed by atoms with Crippen LogP contribution in [-0.2, 0) is 6.61 Å². The van der Waals surface area contributed by atoms with Gasteiger partial charge in [0, 0.05) is 26.7 Å². The van der Waals surface area contributed by atoms with Crippen molar-refractivity contribution in [1.29, 1.82) is 0 Å². The van der Waals surface area contributed by atoms with Crippen molar-refractivity contribution >= 4 is 56.2 Å². The monoisotopic (exact) mass is 577 g/mol. The first-order valence-electron chi connectivity index (χ1n) is 11.0. The minimum atomic E-state index is -0.282. The standard InChI is InChI=1S/C28H18BrCl2N3O2/c29-23-15-21(30)14-20(26(23)36-17-19-10-4-6-12-24(19)31)16-32-34-27(18-8-2-1-3-9-18)33-25-13-7-5-11-22(25)28(34)35/h1-16H,17H2. The first-order valence-corrected chi connectivity index (χ1v) is 12.5. The lowest BCUT2D eigenvalue weighted by molar-refractivity contribution is 0.304. The van der Waals surface area contributed by atoms with Gasteiger partial charge in [-0.25, -0.2) is 4.98 Å². The molecule has 0 amide bonds. The molecule has 36 heavy (non-hydrogen) atoms. The van der Waals surface area contributed by atoms with Gasteiger partial charge in [0.2, 0.25) is 0 Å². The zero-order valence-electron chi connectivity index (χ0n) is 18.7. The number of ether oxygens (including phenoxy) is 1. The highest BCUT2D eigenvalue weighted by Crippen LogP contribution is 2.33. The summed E-state index contributed by atoms with van der Waals surface area (Å²) in [4.78, 5) is 18.2. The number of aromatic nitrogens is 2. The van der Waals surface area contributed by atoms with E-state index in [-0.39, 0.29) is 12.2 Å². The summed E-state index contributed by atoms with van der Waals surface area (Å²) in [5, 5.41) is 6.12. The van der Waals surface area contributed by atoms with Gasteiger partial charge in [0.25, 0.3) is 5.56 Å². The van der Waals surface area contributed by atoms with Crippen molar-refractivity contribution in [1.82, 2.24) is 9.66 Å². The van der Waals surface area contributed by atoms with Crippen LogP contribution in [0.5, 0.6) is 5.75 Å². The number of para-hydroxylation sites is 1. The number of rotatable bonds is 6. The van der Waals surface area contributed by atoms with Crippen LogP contribution in [0.2, 0.25) is 10.0 Å². The van der Waals surface area contributed by atoms with Crippen LogP contribution in [0.25, 0.3) is 22.3 Å². The van der Waals surface area contributed by atoms with Crippen molar-refractivity contribution in [2.24, 2.45) is 5.10 Å². The van der Waals surface area contributed by atoms with Crippen LogP contribution >= 0.6 is 39.1 Å². The molecule has 1 aromatic heterocycles. The lowest BCUT2D eigenvalue weighted by Crippen LogP contribution is -2.20. The minimum absolute atomic E-state index is 0.244. The average molecular weight is 579 g/mol. The summed E-state index contributed by atoms with van der Waals surface area (Å²) < 4.78 is 8.05. The predicted molar refractivity (Wildman–Crippen MR) is 149 cm³/mol. The Morgan fingerprint density at radius 2 is 1.67 bits per heavy atom. The first kappa shape index (κ1) is 24.3. The molecular weight excluding hydrogens is 561 g/mol. The van der Waals surface area contributed by atoms with Crippen molar-refractivity contribution in [2.75, 3.05) is 0 Å². The van der Waals surface area contributed by atoms with Crippen molar-refractivity contribution in [3.63, 3.8) is 0 Å². The van der Waals surface area contributed by atoms with Crippen molar-refractivity contribution in [3.05, 3.63) is 127 Å². The second-order valence-corrected chi connectivity index (χ2v) is 9.56. The second kappa shape index (κ2) is 10.7. The highest BCUT2D eigenvalue weighted by Gasteiger charge is 2.14. The molecule has 0 bridgehead atoms. The SMILES string of the molecule is O=c1c2ccccc2nc(-c2ccccc2)n1N=Cc1cc(Cl)cc(Br)c1OCc1ccccc1Cl. The number of benzene rings is 4. The molecule has 5 aromatic rings. The van der Waals surface area contributed by atoms with Crippen LogP contribution in [0, 0.1) is 0 Å². The summed E-state index contributed by atoms with van der Waals surface area (Å²) in [6, 6.07) is 27.6.